The topological polar surface area (TPSA) is 4.93 Å². The monoisotopic (exact) mass is 907 g/mol. The first-order valence-corrected chi connectivity index (χ1v) is 25.8. The second kappa shape index (κ2) is 15.5. The number of benzene rings is 9. The summed E-state index contributed by atoms with van der Waals surface area (Å²) >= 11 is 1.95. The Bertz CT molecular complexity index is 3930. The SMILES string of the molecule is CC1c2c(n(-c3c4c(c(-c5cccc6c5sc5ccc(-c7c8ccccc8c(-c8ccccc8)c8ccccc78)cc56)c5ccccc35)CCC=C4)c3ccc(C(C)(C)C)cc23)C=CC1C(C)(C)C. The van der Waals surface area contributed by atoms with Crippen molar-refractivity contribution in [3.8, 4) is 39.1 Å². The molecular formula is C67H57NS. The van der Waals surface area contributed by atoms with E-state index in [2.05, 4.69) is 235 Å². The van der Waals surface area contributed by atoms with Gasteiger partial charge in [0.15, 0.2) is 0 Å². The lowest BCUT2D eigenvalue weighted by Gasteiger charge is -2.36. The number of hydrogen-bond acceptors (Lipinski definition) is 1. The van der Waals surface area contributed by atoms with Gasteiger partial charge < -0.3 is 4.57 Å². The molecule has 2 unspecified atom stereocenters. The van der Waals surface area contributed by atoms with Crippen molar-refractivity contribution < 1.29 is 0 Å². The average Bonchev–Trinajstić information content (AvgIpc) is 3.90. The Morgan fingerprint density at radius 1 is 0.536 bits per heavy atom. The van der Waals surface area contributed by atoms with Gasteiger partial charge in [0.1, 0.15) is 0 Å². The van der Waals surface area contributed by atoms with Crippen molar-refractivity contribution in [3.63, 3.8) is 0 Å². The van der Waals surface area contributed by atoms with Crippen molar-refractivity contribution in [1.29, 1.82) is 0 Å². The van der Waals surface area contributed by atoms with Gasteiger partial charge in [0.25, 0.3) is 0 Å². The zero-order valence-corrected chi connectivity index (χ0v) is 41.6. The zero-order valence-electron chi connectivity index (χ0n) is 40.7. The molecule has 0 N–H and O–H groups in total. The van der Waals surface area contributed by atoms with E-state index in [1.807, 2.05) is 11.3 Å². The molecule has 0 bridgehead atoms. The van der Waals surface area contributed by atoms with Crippen molar-refractivity contribution in [1.82, 2.24) is 4.57 Å². The summed E-state index contributed by atoms with van der Waals surface area (Å²) in [7, 11) is 0. The van der Waals surface area contributed by atoms with Crippen molar-refractivity contribution in [2.24, 2.45) is 11.3 Å². The number of nitrogens with zero attached hydrogens (tertiary/aromatic N) is 1. The normalized spacial score (nSPS) is 16.1. The highest BCUT2D eigenvalue weighted by Crippen LogP contribution is 2.53. The van der Waals surface area contributed by atoms with Gasteiger partial charge in [0.2, 0.25) is 0 Å². The summed E-state index contributed by atoms with van der Waals surface area (Å²) in [5.41, 5.74) is 17.6. The van der Waals surface area contributed by atoms with E-state index in [1.165, 1.54) is 130 Å². The van der Waals surface area contributed by atoms with E-state index >= 15 is 0 Å². The number of hydrogen-bond donors (Lipinski definition) is 0. The predicted molar refractivity (Wildman–Crippen MR) is 301 cm³/mol. The van der Waals surface area contributed by atoms with Gasteiger partial charge in [-0.2, -0.15) is 0 Å². The maximum atomic E-state index is 2.66. The molecule has 2 atom stereocenters. The van der Waals surface area contributed by atoms with Crippen LogP contribution in [0.1, 0.15) is 88.8 Å². The van der Waals surface area contributed by atoms with Crippen LogP contribution in [0, 0.1) is 11.3 Å². The highest BCUT2D eigenvalue weighted by atomic mass is 32.1. The lowest BCUT2D eigenvalue weighted by molar-refractivity contribution is 0.259. The van der Waals surface area contributed by atoms with Crippen LogP contribution in [0.4, 0.5) is 0 Å². The molecule has 2 aliphatic carbocycles. The maximum absolute atomic E-state index is 2.66. The molecule has 0 spiro atoms. The fourth-order valence-corrected chi connectivity index (χ4v) is 13.9. The highest BCUT2D eigenvalue weighted by molar-refractivity contribution is 7.26. The van der Waals surface area contributed by atoms with Gasteiger partial charge in [0.05, 0.1) is 16.9 Å². The van der Waals surface area contributed by atoms with Crippen molar-refractivity contribution in [2.75, 3.05) is 0 Å². The van der Waals surface area contributed by atoms with Crippen LogP contribution in [-0.2, 0) is 11.8 Å². The molecule has 69 heavy (non-hydrogen) atoms. The average molecular weight is 908 g/mol. The Morgan fingerprint density at radius 3 is 1.83 bits per heavy atom. The van der Waals surface area contributed by atoms with Crippen LogP contribution in [0.25, 0.3) is 115 Å². The fraction of sp³-hybridized carbons (Fsp3) is 0.194. The summed E-state index contributed by atoms with van der Waals surface area (Å²) in [6.45, 7) is 16.7. The Labute approximate surface area is 410 Å². The molecule has 13 rings (SSSR count). The van der Waals surface area contributed by atoms with Gasteiger partial charge in [-0.3, -0.25) is 0 Å². The van der Waals surface area contributed by atoms with Crippen molar-refractivity contribution >= 4 is 86.9 Å². The van der Waals surface area contributed by atoms with E-state index in [0.29, 0.717) is 11.8 Å². The summed E-state index contributed by atoms with van der Waals surface area (Å²) in [6, 6.07) is 59.9. The number of fused-ring (bicyclic) bond motifs is 10. The zero-order chi connectivity index (χ0) is 46.9. The third-order valence-electron chi connectivity index (χ3n) is 15.8. The largest absolute Gasteiger partial charge is 0.308 e. The molecular weight excluding hydrogens is 851 g/mol. The molecule has 0 aliphatic heterocycles. The minimum absolute atomic E-state index is 0.0443. The van der Waals surface area contributed by atoms with Gasteiger partial charge in [-0.25, -0.2) is 0 Å². The van der Waals surface area contributed by atoms with Crippen LogP contribution in [0.5, 0.6) is 0 Å². The van der Waals surface area contributed by atoms with Crippen molar-refractivity contribution in [3.05, 3.63) is 198 Å². The van der Waals surface area contributed by atoms with Gasteiger partial charge in [0, 0.05) is 42.1 Å². The first-order chi connectivity index (χ1) is 33.5. The number of rotatable bonds is 4. The summed E-state index contributed by atoms with van der Waals surface area (Å²) in [5, 5.41) is 11.8. The standard InChI is InChI=1S/C67H57NS/c1-40-56(67(5,6)7)34-36-58-60(40)55-39-43(66(2,3)4)33-35-57(55)68(58)64-50-28-17-15-26-48(50)63(49-27-16-18-29-51(49)64)53-31-19-30-52-54-38-42(32-37-59(54)69-65(52)53)62-46-24-13-11-22-44(46)61(41-20-9-8-10-21-41)45-23-12-14-25-47(45)62/h8-15,17-26,28-40,56H,16,27H2,1-7H3. The van der Waals surface area contributed by atoms with E-state index in [9.17, 15) is 0 Å². The van der Waals surface area contributed by atoms with Crippen LogP contribution in [0.2, 0.25) is 0 Å². The molecule has 1 nitrogen and oxygen atoms in total. The van der Waals surface area contributed by atoms with E-state index in [-0.39, 0.29) is 10.8 Å². The van der Waals surface area contributed by atoms with Crippen LogP contribution in [-0.4, -0.2) is 4.57 Å². The van der Waals surface area contributed by atoms with Crippen LogP contribution >= 0.6 is 11.3 Å². The summed E-state index contributed by atoms with van der Waals surface area (Å²) < 4.78 is 5.34. The second-order valence-corrected chi connectivity index (χ2v) is 23.0. The van der Waals surface area contributed by atoms with Gasteiger partial charge in [-0.1, -0.05) is 200 Å². The Hall–Kier alpha value is -7.00. The Morgan fingerprint density at radius 2 is 1.16 bits per heavy atom. The highest BCUT2D eigenvalue weighted by Gasteiger charge is 2.36. The molecule has 0 saturated carbocycles. The minimum atomic E-state index is 0.0443. The first kappa shape index (κ1) is 42.1. The maximum Gasteiger partial charge on any atom is 0.0615 e. The third-order valence-corrected chi connectivity index (χ3v) is 17.0. The van der Waals surface area contributed by atoms with E-state index in [0.717, 1.165) is 12.8 Å². The molecule has 0 amide bonds. The molecule has 2 heteroatoms. The van der Waals surface area contributed by atoms with E-state index in [1.54, 1.807) is 0 Å². The number of thiophene rings is 1. The van der Waals surface area contributed by atoms with E-state index in [4.69, 9.17) is 0 Å². The third kappa shape index (κ3) is 6.41. The number of aromatic nitrogens is 1. The quantitative estimate of drug-likeness (QED) is 0.155. The van der Waals surface area contributed by atoms with Gasteiger partial charge >= 0.3 is 0 Å². The van der Waals surface area contributed by atoms with E-state index < -0.39 is 0 Å². The molecule has 2 heterocycles. The first-order valence-electron chi connectivity index (χ1n) is 25.0. The molecule has 0 saturated heterocycles. The molecule has 336 valence electrons. The number of allylic oxidation sites excluding steroid dienone is 2. The van der Waals surface area contributed by atoms with Crippen LogP contribution in [0.15, 0.2) is 170 Å². The Balaban J connectivity index is 1.05. The molecule has 11 aromatic rings. The Kier molecular flexibility index (Phi) is 9.47. The van der Waals surface area contributed by atoms with Gasteiger partial charge in [-0.05, 0) is 137 Å². The smallest absolute Gasteiger partial charge is 0.0615 e. The summed E-state index contributed by atoms with van der Waals surface area (Å²) in [4.78, 5) is 0. The fourth-order valence-electron chi connectivity index (χ4n) is 12.7. The van der Waals surface area contributed by atoms with Crippen molar-refractivity contribution in [2.45, 2.75) is 72.6 Å². The van der Waals surface area contributed by atoms with Gasteiger partial charge in [-0.15, -0.1) is 11.3 Å². The predicted octanol–water partition coefficient (Wildman–Crippen LogP) is 19.5. The minimum Gasteiger partial charge on any atom is -0.308 e. The summed E-state index contributed by atoms with van der Waals surface area (Å²) in [6.07, 6.45) is 11.9. The lowest BCUT2D eigenvalue weighted by atomic mass is 9.68. The second-order valence-electron chi connectivity index (χ2n) is 22.0. The lowest BCUT2D eigenvalue weighted by Crippen LogP contribution is -2.26. The van der Waals surface area contributed by atoms with Crippen LogP contribution < -0.4 is 0 Å². The molecule has 2 aliphatic rings. The molecule has 0 radical (unpaired) electrons. The molecule has 9 aromatic carbocycles. The summed E-state index contributed by atoms with van der Waals surface area (Å²) in [5.74, 6) is 0.810. The molecule has 2 aromatic heterocycles. The van der Waals surface area contributed by atoms with Crippen LogP contribution in [0.3, 0.4) is 0 Å². The molecule has 0 fully saturated rings.